The van der Waals surface area contributed by atoms with Gasteiger partial charge in [-0.1, -0.05) is 12.8 Å². The minimum absolute atomic E-state index is 0.204. The first-order valence-electron chi connectivity index (χ1n) is 7.36. The van der Waals surface area contributed by atoms with Crippen molar-refractivity contribution in [1.82, 2.24) is 5.32 Å². The summed E-state index contributed by atoms with van der Waals surface area (Å²) in [5, 5.41) is 3.40. The van der Waals surface area contributed by atoms with Crippen molar-refractivity contribution >= 4 is 0 Å². The second-order valence-corrected chi connectivity index (χ2v) is 5.94. The molecule has 1 atom stereocenters. The largest absolute Gasteiger partial charge is 0.375 e. The molecule has 1 N–H and O–H groups in total. The highest BCUT2D eigenvalue weighted by molar-refractivity contribution is 4.92. The van der Waals surface area contributed by atoms with Crippen LogP contribution in [0.25, 0.3) is 0 Å². The van der Waals surface area contributed by atoms with Crippen molar-refractivity contribution in [3.05, 3.63) is 0 Å². The Kier molecular flexibility index (Phi) is 3.69. The van der Waals surface area contributed by atoms with Crippen LogP contribution in [-0.2, 0) is 9.47 Å². The van der Waals surface area contributed by atoms with Crippen LogP contribution in [0.1, 0.15) is 51.4 Å². The topological polar surface area (TPSA) is 30.5 Å². The van der Waals surface area contributed by atoms with Crippen LogP contribution in [-0.4, -0.2) is 37.5 Å². The molecule has 3 aliphatic rings. The Bertz CT molecular complexity index is 245. The lowest BCUT2D eigenvalue weighted by Crippen LogP contribution is -2.43. The number of hydrogen-bond donors (Lipinski definition) is 1. The normalized spacial score (nSPS) is 34.2. The van der Waals surface area contributed by atoms with Gasteiger partial charge >= 0.3 is 0 Å². The summed E-state index contributed by atoms with van der Waals surface area (Å²) in [6, 6.07) is 0. The first kappa shape index (κ1) is 11.9. The van der Waals surface area contributed by atoms with E-state index in [2.05, 4.69) is 5.32 Å². The van der Waals surface area contributed by atoms with Crippen molar-refractivity contribution in [1.29, 1.82) is 0 Å². The molecule has 0 aromatic heterocycles. The molecule has 1 aliphatic carbocycles. The molecule has 0 aromatic carbocycles. The van der Waals surface area contributed by atoms with E-state index in [-0.39, 0.29) is 5.60 Å². The van der Waals surface area contributed by atoms with E-state index in [4.69, 9.17) is 9.47 Å². The highest BCUT2D eigenvalue weighted by Crippen LogP contribution is 2.41. The quantitative estimate of drug-likeness (QED) is 0.801. The van der Waals surface area contributed by atoms with Gasteiger partial charge in [-0.25, -0.2) is 0 Å². The van der Waals surface area contributed by atoms with Gasteiger partial charge in [-0.3, -0.25) is 0 Å². The molecule has 1 spiro atoms. The summed E-state index contributed by atoms with van der Waals surface area (Å²) >= 11 is 0. The predicted molar refractivity (Wildman–Crippen MR) is 67.1 cm³/mol. The van der Waals surface area contributed by atoms with Gasteiger partial charge in [0.05, 0.1) is 17.8 Å². The molecule has 1 unspecified atom stereocenters. The van der Waals surface area contributed by atoms with Gasteiger partial charge in [0, 0.05) is 13.0 Å². The Morgan fingerprint density at radius 3 is 2.53 bits per heavy atom. The van der Waals surface area contributed by atoms with Crippen LogP contribution in [0.5, 0.6) is 0 Å². The molecule has 0 radical (unpaired) electrons. The van der Waals surface area contributed by atoms with Gasteiger partial charge in [-0.05, 0) is 45.2 Å². The molecular weight excluding hydrogens is 214 g/mol. The Morgan fingerprint density at radius 1 is 1.00 bits per heavy atom. The third-order valence-corrected chi connectivity index (χ3v) is 4.63. The standard InChI is InChI=1S/C14H25NO2/c1-2-7-14(6-1)11-13(5-10-16-14)17-12-3-8-15-9-4-12/h12-13,15H,1-11H2. The maximum Gasteiger partial charge on any atom is 0.0707 e. The molecule has 0 aromatic rings. The molecule has 0 amide bonds. The minimum Gasteiger partial charge on any atom is -0.375 e. The van der Waals surface area contributed by atoms with E-state index in [1.54, 1.807) is 0 Å². The van der Waals surface area contributed by atoms with E-state index in [0.29, 0.717) is 12.2 Å². The van der Waals surface area contributed by atoms with Crippen LogP contribution in [0.3, 0.4) is 0 Å². The van der Waals surface area contributed by atoms with Crippen molar-refractivity contribution in [2.24, 2.45) is 0 Å². The molecule has 3 heteroatoms. The first-order chi connectivity index (χ1) is 8.36. The molecule has 3 rings (SSSR count). The summed E-state index contributed by atoms with van der Waals surface area (Å²) in [5.41, 5.74) is 0.204. The summed E-state index contributed by atoms with van der Waals surface area (Å²) in [4.78, 5) is 0. The zero-order chi connectivity index (χ0) is 11.6. The van der Waals surface area contributed by atoms with E-state index in [0.717, 1.165) is 32.5 Å². The molecule has 3 fully saturated rings. The maximum absolute atomic E-state index is 6.30. The Hall–Kier alpha value is -0.120. The van der Waals surface area contributed by atoms with E-state index in [9.17, 15) is 0 Å². The average molecular weight is 239 g/mol. The zero-order valence-electron chi connectivity index (χ0n) is 10.7. The molecular formula is C14H25NO2. The van der Waals surface area contributed by atoms with E-state index < -0.39 is 0 Å². The van der Waals surface area contributed by atoms with Gasteiger partial charge in [-0.15, -0.1) is 0 Å². The number of piperidine rings is 1. The molecule has 2 heterocycles. The summed E-state index contributed by atoms with van der Waals surface area (Å²) in [6.07, 6.45) is 10.8. The van der Waals surface area contributed by atoms with Gasteiger partial charge in [0.25, 0.3) is 0 Å². The van der Waals surface area contributed by atoms with Crippen molar-refractivity contribution < 1.29 is 9.47 Å². The molecule has 1 saturated carbocycles. The minimum atomic E-state index is 0.204. The van der Waals surface area contributed by atoms with Crippen LogP contribution in [0.4, 0.5) is 0 Å². The summed E-state index contributed by atoms with van der Waals surface area (Å²) < 4.78 is 12.4. The third kappa shape index (κ3) is 2.83. The second kappa shape index (κ2) is 5.25. The summed E-state index contributed by atoms with van der Waals surface area (Å²) in [6.45, 7) is 3.16. The smallest absolute Gasteiger partial charge is 0.0707 e. The molecule has 2 saturated heterocycles. The molecule has 3 nitrogen and oxygen atoms in total. The highest BCUT2D eigenvalue weighted by Gasteiger charge is 2.40. The van der Waals surface area contributed by atoms with Crippen LogP contribution >= 0.6 is 0 Å². The van der Waals surface area contributed by atoms with Crippen LogP contribution in [0.2, 0.25) is 0 Å². The fraction of sp³-hybridized carbons (Fsp3) is 1.00. The number of hydrogen-bond acceptors (Lipinski definition) is 3. The molecule has 98 valence electrons. The van der Waals surface area contributed by atoms with Crippen molar-refractivity contribution in [3.63, 3.8) is 0 Å². The van der Waals surface area contributed by atoms with E-state index in [1.165, 1.54) is 38.5 Å². The summed E-state index contributed by atoms with van der Waals surface area (Å²) in [7, 11) is 0. The monoisotopic (exact) mass is 239 g/mol. The predicted octanol–water partition coefficient (Wildman–Crippen LogP) is 2.25. The lowest BCUT2D eigenvalue weighted by Gasteiger charge is -2.40. The fourth-order valence-electron chi connectivity index (χ4n) is 3.67. The van der Waals surface area contributed by atoms with E-state index in [1.807, 2.05) is 0 Å². The van der Waals surface area contributed by atoms with Gasteiger partial charge in [0.15, 0.2) is 0 Å². The van der Waals surface area contributed by atoms with Gasteiger partial charge in [-0.2, -0.15) is 0 Å². The molecule has 0 bridgehead atoms. The third-order valence-electron chi connectivity index (χ3n) is 4.63. The Balaban J connectivity index is 1.52. The maximum atomic E-state index is 6.30. The van der Waals surface area contributed by atoms with Crippen LogP contribution in [0, 0.1) is 0 Å². The van der Waals surface area contributed by atoms with Gasteiger partial charge < -0.3 is 14.8 Å². The Labute approximate surface area is 104 Å². The number of nitrogens with one attached hydrogen (secondary N) is 1. The number of rotatable bonds is 2. The van der Waals surface area contributed by atoms with Crippen molar-refractivity contribution in [2.45, 2.75) is 69.2 Å². The summed E-state index contributed by atoms with van der Waals surface area (Å²) in [5.74, 6) is 0. The van der Waals surface area contributed by atoms with Gasteiger partial charge in [0.1, 0.15) is 0 Å². The SMILES string of the molecule is C1CCC2(C1)CC(OC1CCNCC1)CCO2. The molecule has 2 aliphatic heterocycles. The number of ether oxygens (including phenoxy) is 2. The zero-order valence-corrected chi connectivity index (χ0v) is 10.7. The van der Waals surface area contributed by atoms with Gasteiger partial charge in [0.2, 0.25) is 0 Å². The van der Waals surface area contributed by atoms with E-state index >= 15 is 0 Å². The molecule has 17 heavy (non-hydrogen) atoms. The van der Waals surface area contributed by atoms with Crippen LogP contribution in [0.15, 0.2) is 0 Å². The van der Waals surface area contributed by atoms with Crippen LogP contribution < -0.4 is 5.32 Å². The van der Waals surface area contributed by atoms with Crippen molar-refractivity contribution in [2.75, 3.05) is 19.7 Å². The lowest BCUT2D eigenvalue weighted by molar-refractivity contribution is -0.147. The lowest BCUT2D eigenvalue weighted by atomic mass is 9.90. The highest BCUT2D eigenvalue weighted by atomic mass is 16.5. The first-order valence-corrected chi connectivity index (χ1v) is 7.36. The second-order valence-electron chi connectivity index (χ2n) is 5.94. The Morgan fingerprint density at radius 2 is 1.76 bits per heavy atom. The fourth-order valence-corrected chi connectivity index (χ4v) is 3.67. The average Bonchev–Trinajstić information content (AvgIpc) is 2.79. The van der Waals surface area contributed by atoms with Crippen molar-refractivity contribution in [3.8, 4) is 0 Å².